The summed E-state index contributed by atoms with van der Waals surface area (Å²) < 4.78 is 5.92. The zero-order valence-corrected chi connectivity index (χ0v) is 19.5. The van der Waals surface area contributed by atoms with Crippen LogP contribution in [0.5, 0.6) is 5.75 Å². The summed E-state index contributed by atoms with van der Waals surface area (Å²) in [7, 11) is 0. The van der Waals surface area contributed by atoms with Crippen LogP contribution < -0.4 is 20.4 Å². The molecule has 0 bridgehead atoms. The molecule has 7 heteroatoms. The van der Waals surface area contributed by atoms with E-state index in [1.54, 1.807) is 17.6 Å². The molecule has 1 atom stereocenters. The largest absolute Gasteiger partial charge is 0.488 e. The van der Waals surface area contributed by atoms with E-state index in [9.17, 15) is 9.59 Å². The third kappa shape index (κ3) is 5.38. The maximum absolute atomic E-state index is 13.1. The number of rotatable bonds is 6. The predicted molar refractivity (Wildman–Crippen MR) is 131 cm³/mol. The van der Waals surface area contributed by atoms with Crippen molar-refractivity contribution in [3.63, 3.8) is 0 Å². The molecule has 3 aromatic carbocycles. The number of hydroxylamine groups is 1. The highest BCUT2D eigenvalue weighted by molar-refractivity contribution is 6.03. The summed E-state index contributed by atoms with van der Waals surface area (Å²) in [5.41, 5.74) is 5.40. The Labute approximate surface area is 199 Å². The highest BCUT2D eigenvalue weighted by Gasteiger charge is 2.33. The van der Waals surface area contributed by atoms with Crippen molar-refractivity contribution in [3.05, 3.63) is 89.5 Å². The first-order valence-corrected chi connectivity index (χ1v) is 11.2. The number of hydrogen-bond donors (Lipinski definition) is 3. The van der Waals surface area contributed by atoms with Crippen molar-refractivity contribution in [1.29, 1.82) is 0 Å². The Hall–Kier alpha value is -3.84. The maximum atomic E-state index is 13.1. The van der Waals surface area contributed by atoms with Crippen molar-refractivity contribution in [2.24, 2.45) is 0 Å². The lowest BCUT2D eigenvalue weighted by molar-refractivity contribution is -0.117. The summed E-state index contributed by atoms with van der Waals surface area (Å²) in [5.74, 6) is 0.162. The summed E-state index contributed by atoms with van der Waals surface area (Å²) in [5, 5.41) is 11.9. The van der Waals surface area contributed by atoms with Gasteiger partial charge in [0, 0.05) is 18.5 Å². The van der Waals surface area contributed by atoms with Gasteiger partial charge in [-0.2, -0.15) is 0 Å². The first-order valence-electron chi connectivity index (χ1n) is 11.2. The van der Waals surface area contributed by atoms with E-state index in [0.717, 1.165) is 28.3 Å². The summed E-state index contributed by atoms with van der Waals surface area (Å²) in [4.78, 5) is 26.9. The molecule has 0 aliphatic carbocycles. The van der Waals surface area contributed by atoms with Gasteiger partial charge >= 0.3 is 0 Å². The topological polar surface area (TPSA) is 90.9 Å². The molecule has 0 radical (unpaired) electrons. The van der Waals surface area contributed by atoms with Gasteiger partial charge in [0.1, 0.15) is 17.4 Å². The zero-order chi connectivity index (χ0) is 24.3. The number of ether oxygens (including phenoxy) is 1. The SMILES string of the molecule is CC(C)(C)Oc1ccc(CC2C(=O)Nc3ccccc3N2Cc2ccc(C(=O)NO)cc2)cc1. The van der Waals surface area contributed by atoms with Crippen molar-refractivity contribution in [2.75, 3.05) is 10.2 Å². The molecule has 0 saturated carbocycles. The van der Waals surface area contributed by atoms with Crippen LogP contribution in [0.2, 0.25) is 0 Å². The smallest absolute Gasteiger partial charge is 0.274 e. The number of amides is 2. The van der Waals surface area contributed by atoms with Crippen LogP contribution in [0.3, 0.4) is 0 Å². The van der Waals surface area contributed by atoms with Crippen molar-refractivity contribution in [3.8, 4) is 5.75 Å². The molecule has 3 aromatic rings. The lowest BCUT2D eigenvalue weighted by Gasteiger charge is -2.38. The van der Waals surface area contributed by atoms with Gasteiger partial charge < -0.3 is 15.0 Å². The Morgan fingerprint density at radius 2 is 1.65 bits per heavy atom. The van der Waals surface area contributed by atoms with Crippen molar-refractivity contribution in [2.45, 2.75) is 45.4 Å². The Morgan fingerprint density at radius 1 is 1.00 bits per heavy atom. The van der Waals surface area contributed by atoms with Crippen LogP contribution in [0, 0.1) is 0 Å². The van der Waals surface area contributed by atoms with Crippen LogP contribution >= 0.6 is 0 Å². The number of benzene rings is 3. The minimum absolute atomic E-state index is 0.0648. The average Bonchev–Trinajstić information content (AvgIpc) is 2.81. The lowest BCUT2D eigenvalue weighted by Crippen LogP contribution is -2.49. The second kappa shape index (κ2) is 9.57. The molecular weight excluding hydrogens is 430 g/mol. The van der Waals surface area contributed by atoms with Crippen molar-refractivity contribution in [1.82, 2.24) is 5.48 Å². The highest BCUT2D eigenvalue weighted by atomic mass is 16.5. The van der Waals surface area contributed by atoms with E-state index in [2.05, 4.69) is 10.2 Å². The molecule has 7 nitrogen and oxygen atoms in total. The molecule has 1 aliphatic heterocycles. The van der Waals surface area contributed by atoms with Gasteiger partial charge in [-0.25, -0.2) is 5.48 Å². The number of nitrogens with one attached hydrogen (secondary N) is 2. The maximum Gasteiger partial charge on any atom is 0.274 e. The molecule has 2 amide bonds. The van der Waals surface area contributed by atoms with Crippen LogP contribution in [0.4, 0.5) is 11.4 Å². The van der Waals surface area contributed by atoms with Crippen LogP contribution in [0.25, 0.3) is 0 Å². The van der Waals surface area contributed by atoms with E-state index in [0.29, 0.717) is 18.5 Å². The van der Waals surface area contributed by atoms with Crippen LogP contribution in [-0.2, 0) is 17.8 Å². The van der Waals surface area contributed by atoms with E-state index in [1.165, 1.54) is 0 Å². The van der Waals surface area contributed by atoms with Gasteiger partial charge in [-0.3, -0.25) is 14.8 Å². The first-order chi connectivity index (χ1) is 16.2. The molecule has 1 aliphatic rings. The van der Waals surface area contributed by atoms with Gasteiger partial charge in [0.25, 0.3) is 5.91 Å². The number of anilines is 2. The number of hydrogen-bond acceptors (Lipinski definition) is 5. The Kier molecular flexibility index (Phi) is 6.56. The van der Waals surface area contributed by atoms with Crippen LogP contribution in [-0.4, -0.2) is 28.7 Å². The van der Waals surface area contributed by atoms with Gasteiger partial charge in [-0.05, 0) is 68.3 Å². The molecule has 0 fully saturated rings. The fourth-order valence-corrected chi connectivity index (χ4v) is 4.05. The molecule has 176 valence electrons. The first kappa shape index (κ1) is 23.3. The Bertz CT molecular complexity index is 1170. The molecule has 34 heavy (non-hydrogen) atoms. The highest BCUT2D eigenvalue weighted by Crippen LogP contribution is 2.34. The predicted octanol–water partition coefficient (Wildman–Crippen LogP) is 4.55. The molecule has 4 rings (SSSR count). The third-order valence-corrected chi connectivity index (χ3v) is 5.60. The molecule has 0 spiro atoms. The van der Waals surface area contributed by atoms with Crippen molar-refractivity contribution < 1.29 is 19.5 Å². The number of carbonyl (C=O) groups excluding carboxylic acids is 2. The minimum atomic E-state index is -0.564. The Morgan fingerprint density at radius 3 is 2.29 bits per heavy atom. The molecule has 1 unspecified atom stereocenters. The standard InChI is InChI=1S/C27H29N3O4/c1-27(2,3)34-21-14-10-18(11-15-21)16-24-26(32)28-22-6-4-5-7-23(22)30(24)17-19-8-12-20(13-9-19)25(31)29-33/h4-15,24,33H,16-17H2,1-3H3,(H,28,32)(H,29,31). The van der Waals surface area contributed by atoms with E-state index in [-0.39, 0.29) is 11.5 Å². The van der Waals surface area contributed by atoms with E-state index in [1.807, 2.05) is 81.4 Å². The number of fused-ring (bicyclic) bond motifs is 1. The molecule has 0 aromatic heterocycles. The summed E-state index contributed by atoms with van der Waals surface area (Å²) in [6, 6.07) is 22.1. The molecule has 0 saturated heterocycles. The second-order valence-corrected chi connectivity index (χ2v) is 9.35. The summed E-state index contributed by atoms with van der Waals surface area (Å²) in [6.07, 6.45) is 0.529. The molecular formula is C27H29N3O4. The summed E-state index contributed by atoms with van der Waals surface area (Å²) >= 11 is 0. The third-order valence-electron chi connectivity index (χ3n) is 5.60. The van der Waals surface area contributed by atoms with E-state index >= 15 is 0 Å². The number of carbonyl (C=O) groups is 2. The average molecular weight is 460 g/mol. The van der Waals surface area contributed by atoms with Crippen molar-refractivity contribution >= 4 is 23.2 Å². The summed E-state index contributed by atoms with van der Waals surface area (Å²) in [6.45, 7) is 6.50. The van der Waals surface area contributed by atoms with Crippen LogP contribution in [0.1, 0.15) is 42.3 Å². The zero-order valence-electron chi connectivity index (χ0n) is 19.5. The fraction of sp³-hybridized carbons (Fsp3) is 0.259. The van der Waals surface area contributed by atoms with E-state index < -0.39 is 11.9 Å². The van der Waals surface area contributed by atoms with Gasteiger partial charge in [0.05, 0.1) is 11.4 Å². The lowest BCUT2D eigenvalue weighted by atomic mass is 9.99. The second-order valence-electron chi connectivity index (χ2n) is 9.35. The van der Waals surface area contributed by atoms with Crippen LogP contribution in [0.15, 0.2) is 72.8 Å². The van der Waals surface area contributed by atoms with Gasteiger partial charge in [0.15, 0.2) is 0 Å². The number of nitrogens with zero attached hydrogens (tertiary/aromatic N) is 1. The van der Waals surface area contributed by atoms with Gasteiger partial charge in [-0.1, -0.05) is 36.4 Å². The fourth-order valence-electron chi connectivity index (χ4n) is 4.05. The normalized spacial score (nSPS) is 15.4. The molecule has 3 N–H and O–H groups in total. The monoisotopic (exact) mass is 459 g/mol. The minimum Gasteiger partial charge on any atom is -0.488 e. The van der Waals surface area contributed by atoms with Gasteiger partial charge in [-0.15, -0.1) is 0 Å². The number of para-hydroxylation sites is 2. The quantitative estimate of drug-likeness (QED) is 0.372. The van der Waals surface area contributed by atoms with Gasteiger partial charge in [0.2, 0.25) is 5.91 Å². The molecule has 1 heterocycles. The van der Waals surface area contributed by atoms with E-state index in [4.69, 9.17) is 9.94 Å². The Balaban J connectivity index is 1.60.